The molecule has 1 aliphatic rings. The minimum absolute atomic E-state index is 1.10. The summed E-state index contributed by atoms with van der Waals surface area (Å²) in [5.74, 6) is 0. The van der Waals surface area contributed by atoms with Crippen molar-refractivity contribution in [1.82, 2.24) is 9.80 Å². The quantitative estimate of drug-likeness (QED) is 0.193. The van der Waals surface area contributed by atoms with Crippen LogP contribution in [0.2, 0.25) is 0 Å². The summed E-state index contributed by atoms with van der Waals surface area (Å²) in [5, 5.41) is 0. The molecule has 0 saturated heterocycles. The Morgan fingerprint density at radius 1 is 0.588 bits per heavy atom. The predicted octanol–water partition coefficient (Wildman–Crippen LogP) is 7.85. The first-order valence-corrected chi connectivity index (χ1v) is 14.8. The van der Waals surface area contributed by atoms with E-state index in [0.29, 0.717) is 0 Å². The van der Waals surface area contributed by atoms with Crippen LogP contribution in [0.4, 0.5) is 0 Å². The van der Waals surface area contributed by atoms with Crippen LogP contribution in [0.1, 0.15) is 88.5 Å². The maximum atomic E-state index is 2.54. The molecule has 1 aliphatic heterocycles. The summed E-state index contributed by atoms with van der Waals surface area (Å²) in [6.45, 7) is 16.3. The number of unbranched alkanes of at least 4 members (excludes halogenated alkanes) is 4. The Morgan fingerprint density at radius 2 is 1.03 bits per heavy atom. The third-order valence-electron chi connectivity index (χ3n) is 7.52. The van der Waals surface area contributed by atoms with E-state index in [0.717, 1.165) is 6.42 Å². The van der Waals surface area contributed by atoms with Crippen molar-refractivity contribution in [2.24, 2.45) is 0 Å². The van der Waals surface area contributed by atoms with E-state index in [2.05, 4.69) is 73.9 Å². The normalized spacial score (nSPS) is 12.9. The van der Waals surface area contributed by atoms with Gasteiger partial charge in [0.15, 0.2) is 0 Å². The molecule has 1 heterocycles. The average molecular weight is 481 g/mol. The molecule has 0 aliphatic carbocycles. The monoisotopic (exact) mass is 480 g/mol. The van der Waals surface area contributed by atoms with Gasteiger partial charge in [-0.15, -0.1) is 0 Å². The zero-order valence-corrected chi connectivity index (χ0v) is 23.2. The molecule has 0 radical (unpaired) electrons. The van der Waals surface area contributed by atoms with E-state index in [1.165, 1.54) is 123 Å². The first-order chi connectivity index (χ1) is 16.7. The molecule has 0 saturated carbocycles. The third-order valence-corrected chi connectivity index (χ3v) is 8.76. The highest BCUT2D eigenvalue weighted by Crippen LogP contribution is 2.40. The highest BCUT2D eigenvalue weighted by atomic mass is 32.2. The number of rotatable bonds is 16. The number of hydrogen-bond donors (Lipinski definition) is 0. The summed E-state index contributed by atoms with van der Waals surface area (Å²) in [4.78, 5) is 7.99. The number of benzene rings is 2. The first kappa shape index (κ1) is 27.3. The van der Waals surface area contributed by atoms with Crippen LogP contribution in [0.25, 0.3) is 0 Å². The van der Waals surface area contributed by atoms with Gasteiger partial charge in [-0.1, -0.05) is 76.6 Å². The summed E-state index contributed by atoms with van der Waals surface area (Å²) in [5.41, 5.74) is 6.12. The lowest BCUT2D eigenvalue weighted by molar-refractivity contribution is 0.296. The Balaban J connectivity index is 1.46. The topological polar surface area (TPSA) is 6.48 Å². The number of fused-ring (bicyclic) bond motifs is 2. The molecular weight excluding hydrogens is 432 g/mol. The molecule has 0 spiro atoms. The summed E-state index contributed by atoms with van der Waals surface area (Å²) in [7, 11) is 0. The molecule has 2 aromatic rings. The minimum atomic E-state index is 1.10. The second-order valence-electron chi connectivity index (χ2n) is 9.84. The van der Waals surface area contributed by atoms with E-state index >= 15 is 0 Å². The van der Waals surface area contributed by atoms with Gasteiger partial charge in [0, 0.05) is 9.79 Å². The van der Waals surface area contributed by atoms with Crippen molar-refractivity contribution >= 4 is 11.8 Å². The fraction of sp³-hybridized carbons (Fsp3) is 0.613. The van der Waals surface area contributed by atoms with Gasteiger partial charge in [0.2, 0.25) is 0 Å². The van der Waals surface area contributed by atoms with Crippen molar-refractivity contribution in [2.45, 2.75) is 95.3 Å². The van der Waals surface area contributed by atoms with Crippen LogP contribution in [-0.2, 0) is 19.3 Å². The maximum absolute atomic E-state index is 2.54. The van der Waals surface area contributed by atoms with Gasteiger partial charge in [-0.25, -0.2) is 0 Å². The fourth-order valence-electron chi connectivity index (χ4n) is 5.14. The average Bonchev–Trinajstić information content (AvgIpc) is 2.87. The van der Waals surface area contributed by atoms with Crippen molar-refractivity contribution in [2.75, 3.05) is 39.3 Å². The van der Waals surface area contributed by atoms with E-state index in [4.69, 9.17) is 0 Å². The predicted molar refractivity (Wildman–Crippen MR) is 150 cm³/mol. The van der Waals surface area contributed by atoms with Crippen LogP contribution in [0.15, 0.2) is 46.2 Å². The summed E-state index contributed by atoms with van der Waals surface area (Å²) in [6.07, 6.45) is 11.5. The minimum Gasteiger partial charge on any atom is -0.304 e. The molecule has 0 bridgehead atoms. The highest BCUT2D eigenvalue weighted by Gasteiger charge is 2.17. The molecule has 0 N–H and O–H groups in total. The van der Waals surface area contributed by atoms with E-state index in [-0.39, 0.29) is 0 Å². The van der Waals surface area contributed by atoms with Crippen LogP contribution >= 0.6 is 11.8 Å². The second-order valence-corrected chi connectivity index (χ2v) is 10.9. The van der Waals surface area contributed by atoms with E-state index in [9.17, 15) is 0 Å². The van der Waals surface area contributed by atoms with Gasteiger partial charge in [0.05, 0.1) is 0 Å². The van der Waals surface area contributed by atoms with E-state index < -0.39 is 0 Å². The number of hydrogen-bond acceptors (Lipinski definition) is 3. The maximum Gasteiger partial charge on any atom is 0.0158 e. The van der Waals surface area contributed by atoms with Gasteiger partial charge >= 0.3 is 0 Å². The lowest BCUT2D eigenvalue weighted by Gasteiger charge is -2.21. The molecule has 0 aromatic heterocycles. The molecule has 34 heavy (non-hydrogen) atoms. The van der Waals surface area contributed by atoms with Crippen LogP contribution in [0.5, 0.6) is 0 Å². The fourth-order valence-corrected chi connectivity index (χ4v) is 6.17. The Kier molecular flexibility index (Phi) is 12.0. The zero-order chi connectivity index (χ0) is 24.2. The smallest absolute Gasteiger partial charge is 0.0158 e. The largest absolute Gasteiger partial charge is 0.304 e. The molecule has 188 valence electrons. The van der Waals surface area contributed by atoms with Gasteiger partial charge < -0.3 is 9.80 Å². The van der Waals surface area contributed by atoms with E-state index in [1.807, 2.05) is 11.8 Å². The number of aryl methyl sites for hydroxylation is 2. The Hall–Kier alpha value is -1.29. The van der Waals surface area contributed by atoms with Crippen molar-refractivity contribution in [1.29, 1.82) is 0 Å². The molecular formula is C31H48N2S. The van der Waals surface area contributed by atoms with Crippen LogP contribution < -0.4 is 0 Å². The summed E-state index contributed by atoms with van der Waals surface area (Å²) < 4.78 is 0. The van der Waals surface area contributed by atoms with Gasteiger partial charge in [-0.3, -0.25) is 0 Å². The summed E-state index contributed by atoms with van der Waals surface area (Å²) >= 11 is 1.97. The molecule has 2 aromatic carbocycles. The zero-order valence-electron chi connectivity index (χ0n) is 22.4. The first-order valence-electron chi connectivity index (χ1n) is 14.0. The van der Waals surface area contributed by atoms with Crippen molar-refractivity contribution in [3.8, 4) is 0 Å². The molecule has 0 amide bonds. The van der Waals surface area contributed by atoms with Gasteiger partial charge in [-0.05, 0) is 119 Å². The standard InChI is InChI=1S/C31H48N2S/c1-5-32(6-2)21-13-9-11-15-26-17-19-30-28(23-26)25-29-24-27(18-20-31(29)34-30)16-12-10-14-22-33(7-3)8-4/h17-20,23-24H,5-16,21-22,25H2,1-4H3. The SMILES string of the molecule is CCN(CC)CCCCCc1ccc2c(c1)Cc1cc(CCCCCN(CC)CC)ccc1S2. The van der Waals surface area contributed by atoms with Crippen LogP contribution in [-0.4, -0.2) is 49.1 Å². The van der Waals surface area contributed by atoms with Crippen LogP contribution in [0, 0.1) is 0 Å². The Labute approximate surface area is 214 Å². The van der Waals surface area contributed by atoms with Gasteiger partial charge in [-0.2, -0.15) is 0 Å². The lowest BCUT2D eigenvalue weighted by Crippen LogP contribution is -2.23. The third kappa shape index (κ3) is 8.43. The van der Waals surface area contributed by atoms with Crippen molar-refractivity contribution < 1.29 is 0 Å². The molecule has 0 fully saturated rings. The Morgan fingerprint density at radius 3 is 1.44 bits per heavy atom. The lowest BCUT2D eigenvalue weighted by atomic mass is 9.97. The van der Waals surface area contributed by atoms with Crippen molar-refractivity contribution in [3.05, 3.63) is 58.7 Å². The van der Waals surface area contributed by atoms with Crippen molar-refractivity contribution in [3.63, 3.8) is 0 Å². The van der Waals surface area contributed by atoms with Crippen LogP contribution in [0.3, 0.4) is 0 Å². The summed E-state index contributed by atoms with van der Waals surface area (Å²) in [6, 6.07) is 14.5. The van der Waals surface area contributed by atoms with E-state index in [1.54, 1.807) is 0 Å². The molecule has 0 atom stereocenters. The molecule has 3 rings (SSSR count). The molecule has 2 nitrogen and oxygen atoms in total. The Bertz CT molecular complexity index is 785. The van der Waals surface area contributed by atoms with Gasteiger partial charge in [0.1, 0.15) is 0 Å². The molecule has 3 heteroatoms. The van der Waals surface area contributed by atoms with Gasteiger partial charge in [0.25, 0.3) is 0 Å². The number of nitrogens with zero attached hydrogens (tertiary/aromatic N) is 2. The second kappa shape index (κ2) is 15.0. The molecule has 0 unspecified atom stereocenters. The highest BCUT2D eigenvalue weighted by molar-refractivity contribution is 7.99.